The zero-order valence-electron chi connectivity index (χ0n) is 8.82. The van der Waals surface area contributed by atoms with Crippen LogP contribution in [0.4, 0.5) is 0 Å². The number of aliphatic hydroxyl groups is 1. The molecule has 82 valence electrons. The van der Waals surface area contributed by atoms with E-state index in [1.54, 1.807) is 0 Å². The van der Waals surface area contributed by atoms with Gasteiger partial charge in [0, 0.05) is 19.1 Å². The van der Waals surface area contributed by atoms with Crippen LogP contribution in [0.25, 0.3) is 0 Å². The van der Waals surface area contributed by atoms with Gasteiger partial charge in [-0.05, 0) is 12.8 Å². The van der Waals surface area contributed by atoms with Gasteiger partial charge in [-0.1, -0.05) is 19.3 Å². The van der Waals surface area contributed by atoms with Gasteiger partial charge >= 0.3 is 0 Å². The molecule has 14 heavy (non-hydrogen) atoms. The van der Waals surface area contributed by atoms with Crippen LogP contribution in [0.1, 0.15) is 32.1 Å². The summed E-state index contributed by atoms with van der Waals surface area (Å²) in [6.07, 6.45) is 7.20. The third-order valence-corrected chi connectivity index (χ3v) is 3.32. The Kier molecular flexibility index (Phi) is 3.79. The molecule has 2 fully saturated rings. The lowest BCUT2D eigenvalue weighted by atomic mass is 9.94. The lowest BCUT2D eigenvalue weighted by Crippen LogP contribution is -2.41. The first-order valence-corrected chi connectivity index (χ1v) is 5.86. The number of rotatable bonds is 5. The molecule has 2 rings (SSSR count). The van der Waals surface area contributed by atoms with E-state index < -0.39 is 0 Å². The average molecular weight is 199 g/mol. The van der Waals surface area contributed by atoms with Gasteiger partial charge in [0.25, 0.3) is 0 Å². The predicted octanol–water partition coefficient (Wildman–Crippen LogP) is 1.01. The molecule has 0 bridgehead atoms. The number of hydrogen-bond acceptors (Lipinski definition) is 3. The molecule has 0 aromatic rings. The number of hydrogen-bond donors (Lipinski definition) is 1. The minimum absolute atomic E-state index is 0.281. The second-order valence-corrected chi connectivity index (χ2v) is 4.47. The van der Waals surface area contributed by atoms with Gasteiger partial charge in [-0.15, -0.1) is 0 Å². The summed E-state index contributed by atoms with van der Waals surface area (Å²) in [5.74, 6) is 0. The highest BCUT2D eigenvalue weighted by Gasteiger charge is 2.29. The van der Waals surface area contributed by atoms with Crippen LogP contribution in [0.2, 0.25) is 0 Å². The van der Waals surface area contributed by atoms with Crippen LogP contribution >= 0.6 is 0 Å². The first-order valence-electron chi connectivity index (χ1n) is 5.86. The molecule has 3 nitrogen and oxygen atoms in total. The number of ether oxygens (including phenoxy) is 1. The van der Waals surface area contributed by atoms with Crippen molar-refractivity contribution in [2.45, 2.75) is 44.2 Å². The van der Waals surface area contributed by atoms with E-state index in [1.165, 1.54) is 32.1 Å². The van der Waals surface area contributed by atoms with Crippen molar-refractivity contribution in [3.63, 3.8) is 0 Å². The third-order valence-electron chi connectivity index (χ3n) is 3.32. The standard InChI is InChI=1S/C11H21NO2/c13-7-6-12(8-11-9-14-11)10-4-2-1-3-5-10/h10-11,13H,1-9H2. The molecule has 0 spiro atoms. The predicted molar refractivity (Wildman–Crippen MR) is 55.3 cm³/mol. The Labute approximate surface area is 86.0 Å². The van der Waals surface area contributed by atoms with Gasteiger partial charge in [-0.2, -0.15) is 0 Å². The van der Waals surface area contributed by atoms with Gasteiger partial charge in [0.15, 0.2) is 0 Å². The molecule has 1 saturated heterocycles. The number of nitrogens with zero attached hydrogens (tertiary/aromatic N) is 1. The normalized spacial score (nSPS) is 28.3. The molecular weight excluding hydrogens is 178 g/mol. The second kappa shape index (κ2) is 5.10. The maximum atomic E-state index is 9.02. The smallest absolute Gasteiger partial charge is 0.0936 e. The summed E-state index contributed by atoms with van der Waals surface area (Å²) in [4.78, 5) is 2.43. The van der Waals surface area contributed by atoms with Gasteiger partial charge in [0.1, 0.15) is 0 Å². The molecule has 0 amide bonds. The molecule has 1 aliphatic heterocycles. The summed E-state index contributed by atoms with van der Waals surface area (Å²) >= 11 is 0. The Bertz CT molecular complexity index is 165. The zero-order chi connectivity index (χ0) is 9.80. The highest BCUT2D eigenvalue weighted by molar-refractivity contribution is 4.81. The largest absolute Gasteiger partial charge is 0.395 e. The lowest BCUT2D eigenvalue weighted by Gasteiger charge is -2.33. The van der Waals surface area contributed by atoms with Crippen molar-refractivity contribution >= 4 is 0 Å². The van der Waals surface area contributed by atoms with Crippen LogP contribution in [0.5, 0.6) is 0 Å². The van der Waals surface area contributed by atoms with E-state index in [9.17, 15) is 0 Å². The fourth-order valence-corrected chi connectivity index (χ4v) is 2.43. The minimum Gasteiger partial charge on any atom is -0.395 e. The maximum absolute atomic E-state index is 9.02. The highest BCUT2D eigenvalue weighted by Crippen LogP contribution is 2.24. The van der Waals surface area contributed by atoms with Crippen molar-refractivity contribution in [1.82, 2.24) is 4.90 Å². The molecule has 1 heterocycles. The average Bonchev–Trinajstić information content (AvgIpc) is 3.03. The fraction of sp³-hybridized carbons (Fsp3) is 1.00. The SMILES string of the molecule is OCCN(CC1CO1)C1CCCCC1. The fourth-order valence-electron chi connectivity index (χ4n) is 2.43. The van der Waals surface area contributed by atoms with E-state index in [0.29, 0.717) is 12.1 Å². The summed E-state index contributed by atoms with van der Waals surface area (Å²) in [5, 5.41) is 9.02. The topological polar surface area (TPSA) is 36.0 Å². The van der Waals surface area contributed by atoms with Gasteiger partial charge in [-0.3, -0.25) is 4.90 Å². The first-order chi connectivity index (χ1) is 6.90. The zero-order valence-corrected chi connectivity index (χ0v) is 8.82. The van der Waals surface area contributed by atoms with E-state index in [0.717, 1.165) is 19.7 Å². The highest BCUT2D eigenvalue weighted by atomic mass is 16.6. The molecular formula is C11H21NO2. The molecule has 1 aliphatic carbocycles. The molecule has 3 heteroatoms. The Balaban J connectivity index is 1.79. The van der Waals surface area contributed by atoms with Crippen LogP contribution < -0.4 is 0 Å². The van der Waals surface area contributed by atoms with Crippen molar-refractivity contribution in [2.24, 2.45) is 0 Å². The van der Waals surface area contributed by atoms with Crippen LogP contribution in [0.15, 0.2) is 0 Å². The van der Waals surface area contributed by atoms with Gasteiger partial charge < -0.3 is 9.84 Å². The van der Waals surface area contributed by atoms with E-state index in [2.05, 4.69) is 4.90 Å². The molecule has 1 N–H and O–H groups in total. The molecule has 0 radical (unpaired) electrons. The molecule has 1 unspecified atom stereocenters. The number of aliphatic hydroxyl groups excluding tert-OH is 1. The van der Waals surface area contributed by atoms with Crippen molar-refractivity contribution in [2.75, 3.05) is 26.3 Å². The third kappa shape index (κ3) is 2.94. The van der Waals surface area contributed by atoms with Crippen molar-refractivity contribution < 1.29 is 9.84 Å². The van der Waals surface area contributed by atoms with Crippen LogP contribution in [0.3, 0.4) is 0 Å². The summed E-state index contributed by atoms with van der Waals surface area (Å²) in [5.41, 5.74) is 0. The van der Waals surface area contributed by atoms with Crippen molar-refractivity contribution in [1.29, 1.82) is 0 Å². The van der Waals surface area contributed by atoms with Crippen molar-refractivity contribution in [3.8, 4) is 0 Å². The van der Waals surface area contributed by atoms with Crippen molar-refractivity contribution in [3.05, 3.63) is 0 Å². The van der Waals surface area contributed by atoms with E-state index in [4.69, 9.17) is 9.84 Å². The monoisotopic (exact) mass is 199 g/mol. The van der Waals surface area contributed by atoms with E-state index >= 15 is 0 Å². The Morgan fingerprint density at radius 3 is 2.50 bits per heavy atom. The Hall–Kier alpha value is -0.120. The van der Waals surface area contributed by atoms with Gasteiger partial charge in [0.05, 0.1) is 19.3 Å². The molecule has 0 aromatic carbocycles. The van der Waals surface area contributed by atoms with E-state index in [1.807, 2.05) is 0 Å². The quantitative estimate of drug-likeness (QED) is 0.671. The molecule has 2 aliphatic rings. The lowest BCUT2D eigenvalue weighted by molar-refractivity contribution is 0.115. The summed E-state index contributed by atoms with van der Waals surface area (Å²) in [7, 11) is 0. The van der Waals surface area contributed by atoms with Crippen LogP contribution in [0, 0.1) is 0 Å². The number of epoxide rings is 1. The Morgan fingerprint density at radius 2 is 1.93 bits per heavy atom. The molecule has 1 atom stereocenters. The molecule has 0 aromatic heterocycles. The van der Waals surface area contributed by atoms with Gasteiger partial charge in [-0.25, -0.2) is 0 Å². The minimum atomic E-state index is 0.281. The maximum Gasteiger partial charge on any atom is 0.0936 e. The Morgan fingerprint density at radius 1 is 1.21 bits per heavy atom. The van der Waals surface area contributed by atoms with Gasteiger partial charge in [0.2, 0.25) is 0 Å². The summed E-state index contributed by atoms with van der Waals surface area (Å²) < 4.78 is 5.25. The second-order valence-electron chi connectivity index (χ2n) is 4.47. The molecule has 1 saturated carbocycles. The van der Waals surface area contributed by atoms with Crippen LogP contribution in [-0.4, -0.2) is 48.5 Å². The van der Waals surface area contributed by atoms with E-state index in [-0.39, 0.29) is 6.61 Å². The summed E-state index contributed by atoms with van der Waals surface area (Å²) in [6, 6.07) is 0.708. The first kappa shape index (κ1) is 10.4. The van der Waals surface area contributed by atoms with Crippen LogP contribution in [-0.2, 0) is 4.74 Å². The summed E-state index contributed by atoms with van der Waals surface area (Å²) in [6.45, 7) is 3.06.